The van der Waals surface area contributed by atoms with Crippen LogP contribution in [-0.2, 0) is 27.8 Å². The standard InChI is InChI=1S/C21H21F3N4O3S/c22-21(23,24)13-32(30,31)28-18(20(29)27-12-14-8-9-19(25)26-11-14)10-16-6-3-5-15-4-1-2-7-17(15)16/h1-9,11,18,28H,10,12-13H2,(H2,25,26)(H,27,29)/t18-/m0/s1. The summed E-state index contributed by atoms with van der Waals surface area (Å²) in [6.07, 6.45) is -3.64. The summed E-state index contributed by atoms with van der Waals surface area (Å²) in [5, 5.41) is 4.17. The number of rotatable bonds is 8. The van der Waals surface area contributed by atoms with Gasteiger partial charge in [-0.25, -0.2) is 18.1 Å². The number of nitrogens with two attached hydrogens (primary N) is 1. The maximum absolute atomic E-state index is 12.8. The van der Waals surface area contributed by atoms with E-state index < -0.39 is 33.9 Å². The smallest absolute Gasteiger partial charge is 0.384 e. The number of nitrogen functional groups attached to an aromatic ring is 1. The van der Waals surface area contributed by atoms with Crippen molar-refractivity contribution in [1.82, 2.24) is 15.0 Å². The van der Waals surface area contributed by atoms with Crippen LogP contribution in [0.15, 0.2) is 60.8 Å². The van der Waals surface area contributed by atoms with Crippen molar-refractivity contribution in [2.45, 2.75) is 25.2 Å². The molecule has 0 aliphatic heterocycles. The van der Waals surface area contributed by atoms with Gasteiger partial charge in [-0.2, -0.15) is 13.2 Å². The number of carbonyl (C=O) groups excluding carboxylic acids is 1. The highest BCUT2D eigenvalue weighted by molar-refractivity contribution is 7.89. The number of amides is 1. The molecule has 0 aliphatic rings. The molecule has 2 aromatic carbocycles. The number of hydrogen-bond donors (Lipinski definition) is 3. The molecule has 0 aliphatic carbocycles. The van der Waals surface area contributed by atoms with Crippen LogP contribution in [0.2, 0.25) is 0 Å². The second kappa shape index (κ2) is 9.53. The van der Waals surface area contributed by atoms with E-state index in [1.807, 2.05) is 22.9 Å². The summed E-state index contributed by atoms with van der Waals surface area (Å²) < 4.78 is 64.2. The first-order valence-electron chi connectivity index (χ1n) is 9.54. The topological polar surface area (TPSA) is 114 Å². The SMILES string of the molecule is Nc1ccc(CNC(=O)[C@H](Cc2cccc3ccccc23)NS(=O)(=O)CC(F)(F)F)cn1. The van der Waals surface area contributed by atoms with Crippen molar-refractivity contribution in [2.75, 3.05) is 11.5 Å². The van der Waals surface area contributed by atoms with Crippen LogP contribution < -0.4 is 15.8 Å². The van der Waals surface area contributed by atoms with Gasteiger partial charge in [-0.1, -0.05) is 48.5 Å². The molecule has 32 heavy (non-hydrogen) atoms. The summed E-state index contributed by atoms with van der Waals surface area (Å²) in [5.74, 6) is -2.56. The van der Waals surface area contributed by atoms with Crippen molar-refractivity contribution in [1.29, 1.82) is 0 Å². The summed E-state index contributed by atoms with van der Waals surface area (Å²) in [7, 11) is -4.81. The van der Waals surface area contributed by atoms with Crippen LogP contribution in [0.25, 0.3) is 10.8 Å². The van der Waals surface area contributed by atoms with E-state index >= 15 is 0 Å². The van der Waals surface area contributed by atoms with Crippen LogP contribution in [0.1, 0.15) is 11.1 Å². The zero-order valence-electron chi connectivity index (χ0n) is 16.8. The number of alkyl halides is 3. The molecule has 170 valence electrons. The summed E-state index contributed by atoms with van der Waals surface area (Å²) >= 11 is 0. The average Bonchev–Trinajstić information content (AvgIpc) is 2.71. The molecule has 4 N–H and O–H groups in total. The summed E-state index contributed by atoms with van der Waals surface area (Å²) in [5.41, 5.74) is 6.72. The van der Waals surface area contributed by atoms with Crippen LogP contribution in [0, 0.1) is 0 Å². The Kier molecular flexibility index (Phi) is 6.99. The first-order chi connectivity index (χ1) is 15.0. The zero-order valence-corrected chi connectivity index (χ0v) is 17.6. The summed E-state index contributed by atoms with van der Waals surface area (Å²) in [4.78, 5) is 16.7. The largest absolute Gasteiger partial charge is 0.404 e. The Bertz CT molecular complexity index is 1190. The van der Waals surface area contributed by atoms with Crippen molar-refractivity contribution < 1.29 is 26.4 Å². The molecule has 1 aromatic heterocycles. The third-order valence-corrected chi connectivity index (χ3v) is 5.96. The van der Waals surface area contributed by atoms with Gasteiger partial charge >= 0.3 is 6.18 Å². The molecule has 3 aromatic rings. The number of fused-ring (bicyclic) bond motifs is 1. The lowest BCUT2D eigenvalue weighted by Crippen LogP contribution is -2.49. The highest BCUT2D eigenvalue weighted by Crippen LogP contribution is 2.21. The van der Waals surface area contributed by atoms with Crippen molar-refractivity contribution >= 4 is 32.5 Å². The lowest BCUT2D eigenvalue weighted by Gasteiger charge is -2.20. The van der Waals surface area contributed by atoms with E-state index in [0.717, 1.165) is 10.8 Å². The quantitative estimate of drug-likeness (QED) is 0.472. The van der Waals surface area contributed by atoms with Crippen molar-refractivity contribution in [3.8, 4) is 0 Å². The minimum atomic E-state index is -4.94. The van der Waals surface area contributed by atoms with E-state index in [9.17, 15) is 26.4 Å². The van der Waals surface area contributed by atoms with Crippen LogP contribution in [0.3, 0.4) is 0 Å². The predicted octanol–water partition coefficient (Wildman–Crippen LogP) is 2.53. The maximum atomic E-state index is 12.8. The first-order valence-corrected chi connectivity index (χ1v) is 11.2. The molecule has 0 saturated heterocycles. The fraction of sp³-hybridized carbons (Fsp3) is 0.238. The van der Waals surface area contributed by atoms with Gasteiger partial charge in [0.05, 0.1) is 0 Å². The number of sulfonamides is 1. The van der Waals surface area contributed by atoms with Crippen LogP contribution in [-0.4, -0.2) is 37.3 Å². The first kappa shape index (κ1) is 23.5. The fourth-order valence-corrected chi connectivity index (χ4v) is 4.34. The fourth-order valence-electron chi connectivity index (χ4n) is 3.21. The number of pyridine rings is 1. The van der Waals surface area contributed by atoms with Gasteiger partial charge in [0.15, 0.2) is 5.75 Å². The third-order valence-electron chi connectivity index (χ3n) is 4.61. The average molecular weight is 466 g/mol. The summed E-state index contributed by atoms with van der Waals surface area (Å²) in [6, 6.07) is 14.2. The van der Waals surface area contributed by atoms with Crippen molar-refractivity contribution in [2.24, 2.45) is 0 Å². The van der Waals surface area contributed by atoms with Gasteiger partial charge in [0, 0.05) is 12.7 Å². The Balaban J connectivity index is 1.84. The van der Waals surface area contributed by atoms with Gasteiger partial charge in [-0.15, -0.1) is 0 Å². The summed E-state index contributed by atoms with van der Waals surface area (Å²) in [6.45, 7) is -0.000844. The molecule has 0 fully saturated rings. The molecule has 0 radical (unpaired) electrons. The molecule has 0 unspecified atom stereocenters. The van der Waals surface area contributed by atoms with Crippen molar-refractivity contribution in [3.63, 3.8) is 0 Å². The van der Waals surface area contributed by atoms with Gasteiger partial charge in [0.1, 0.15) is 11.9 Å². The number of anilines is 1. The number of nitrogens with zero attached hydrogens (tertiary/aromatic N) is 1. The predicted molar refractivity (Wildman–Crippen MR) is 115 cm³/mol. The lowest BCUT2D eigenvalue weighted by molar-refractivity contribution is -0.123. The Morgan fingerprint density at radius 2 is 1.78 bits per heavy atom. The van der Waals surface area contributed by atoms with Gasteiger partial charge in [-0.05, 0) is 34.4 Å². The van der Waals surface area contributed by atoms with Gasteiger partial charge < -0.3 is 11.1 Å². The van der Waals surface area contributed by atoms with Gasteiger partial charge in [0.2, 0.25) is 15.9 Å². The van der Waals surface area contributed by atoms with E-state index in [2.05, 4.69) is 10.3 Å². The number of hydrogen-bond acceptors (Lipinski definition) is 5. The molecule has 0 spiro atoms. The number of nitrogens with one attached hydrogen (secondary N) is 2. The zero-order chi connectivity index (χ0) is 23.4. The minimum Gasteiger partial charge on any atom is -0.384 e. The molecule has 1 atom stereocenters. The number of aromatic nitrogens is 1. The van der Waals surface area contributed by atoms with Crippen LogP contribution >= 0.6 is 0 Å². The van der Waals surface area contributed by atoms with E-state index in [4.69, 9.17) is 5.73 Å². The molecule has 1 heterocycles. The highest BCUT2D eigenvalue weighted by atomic mass is 32.2. The molecule has 1 amide bonds. The highest BCUT2D eigenvalue weighted by Gasteiger charge is 2.37. The molecule has 3 rings (SSSR count). The molecular formula is C21H21F3N4O3S. The van der Waals surface area contributed by atoms with Gasteiger partial charge in [0.25, 0.3) is 0 Å². The monoisotopic (exact) mass is 466 g/mol. The number of benzene rings is 2. The Hall–Kier alpha value is -3.18. The molecule has 7 nitrogen and oxygen atoms in total. The van der Waals surface area contributed by atoms with Crippen LogP contribution in [0.5, 0.6) is 0 Å². The van der Waals surface area contributed by atoms with Crippen LogP contribution in [0.4, 0.5) is 19.0 Å². The minimum absolute atomic E-state index is 0.000844. The number of carbonyl (C=O) groups is 1. The molecule has 0 saturated carbocycles. The lowest BCUT2D eigenvalue weighted by atomic mass is 9.99. The number of halogens is 3. The Labute approximate surface area is 182 Å². The maximum Gasteiger partial charge on any atom is 0.404 e. The van der Waals surface area contributed by atoms with E-state index in [-0.39, 0.29) is 18.8 Å². The van der Waals surface area contributed by atoms with E-state index in [1.54, 1.807) is 30.3 Å². The molecule has 0 bridgehead atoms. The molecule has 11 heteroatoms. The second-order valence-electron chi connectivity index (χ2n) is 7.20. The molecular weight excluding hydrogens is 445 g/mol. The van der Waals surface area contributed by atoms with Crippen molar-refractivity contribution in [3.05, 3.63) is 71.9 Å². The normalized spacial score (nSPS) is 13.1. The Morgan fingerprint density at radius 1 is 1.06 bits per heavy atom. The second-order valence-corrected chi connectivity index (χ2v) is 8.95. The van der Waals surface area contributed by atoms with E-state index in [1.165, 1.54) is 12.3 Å². The third kappa shape index (κ3) is 6.66. The van der Waals surface area contributed by atoms with Gasteiger partial charge in [-0.3, -0.25) is 4.79 Å². The Morgan fingerprint density at radius 3 is 2.47 bits per heavy atom. The van der Waals surface area contributed by atoms with E-state index in [0.29, 0.717) is 11.1 Å².